The number of nitrogens with zero attached hydrogens (tertiary/aromatic N) is 4. The van der Waals surface area contributed by atoms with Crippen molar-refractivity contribution in [3.63, 3.8) is 0 Å². The summed E-state index contributed by atoms with van der Waals surface area (Å²) in [6.07, 6.45) is 2.17. The highest BCUT2D eigenvalue weighted by Gasteiger charge is 2.13. The molecule has 0 spiro atoms. The molecule has 0 amide bonds. The minimum Gasteiger partial charge on any atom is -0.454 e. The summed E-state index contributed by atoms with van der Waals surface area (Å²) in [4.78, 5) is 0. The molecule has 106 valence electrons. The standard InChI is InChI=1S/C13H17N5O2/c1-2-3-6-18-13(15-16-17-18)14-8-10-4-5-11-12(7-10)20-9-19-11/h4-5,7H,2-3,6,8-9H2,1H3,(H,14,15,17). The molecule has 0 fully saturated rings. The van der Waals surface area contributed by atoms with Crippen molar-refractivity contribution in [2.24, 2.45) is 0 Å². The number of anilines is 1. The maximum absolute atomic E-state index is 5.36. The molecule has 7 nitrogen and oxygen atoms in total. The van der Waals surface area contributed by atoms with Crippen molar-refractivity contribution in [2.75, 3.05) is 12.1 Å². The van der Waals surface area contributed by atoms with Crippen molar-refractivity contribution in [1.82, 2.24) is 20.2 Å². The predicted molar refractivity (Wildman–Crippen MR) is 72.6 cm³/mol. The first-order valence-corrected chi connectivity index (χ1v) is 6.75. The van der Waals surface area contributed by atoms with Gasteiger partial charge in [0.25, 0.3) is 0 Å². The maximum atomic E-state index is 5.36. The Bertz CT molecular complexity index is 584. The lowest BCUT2D eigenvalue weighted by molar-refractivity contribution is 0.174. The van der Waals surface area contributed by atoms with Crippen LogP contribution in [0.1, 0.15) is 25.3 Å². The molecule has 3 rings (SSSR count). The second-order valence-electron chi connectivity index (χ2n) is 4.62. The SMILES string of the molecule is CCCCn1nnnc1NCc1ccc2c(c1)OCO2. The number of unbranched alkanes of at least 4 members (excludes halogenated alkanes) is 1. The number of rotatable bonds is 6. The van der Waals surface area contributed by atoms with Crippen molar-refractivity contribution in [1.29, 1.82) is 0 Å². The van der Waals surface area contributed by atoms with Crippen LogP contribution >= 0.6 is 0 Å². The van der Waals surface area contributed by atoms with E-state index < -0.39 is 0 Å². The quantitative estimate of drug-likeness (QED) is 0.866. The molecular weight excluding hydrogens is 258 g/mol. The minimum absolute atomic E-state index is 0.293. The average molecular weight is 275 g/mol. The number of nitrogens with one attached hydrogen (secondary N) is 1. The average Bonchev–Trinajstić information content (AvgIpc) is 3.11. The number of tetrazole rings is 1. The molecule has 0 bridgehead atoms. The summed E-state index contributed by atoms with van der Waals surface area (Å²) in [6.45, 7) is 3.90. The Morgan fingerprint density at radius 3 is 3.10 bits per heavy atom. The van der Waals surface area contributed by atoms with Gasteiger partial charge in [0.05, 0.1) is 0 Å². The molecule has 2 heterocycles. The van der Waals surface area contributed by atoms with E-state index in [0.29, 0.717) is 19.3 Å². The molecule has 1 aliphatic rings. The van der Waals surface area contributed by atoms with Crippen LogP contribution in [-0.4, -0.2) is 27.0 Å². The Hall–Kier alpha value is -2.31. The Kier molecular flexibility index (Phi) is 3.67. The molecule has 7 heteroatoms. The van der Waals surface area contributed by atoms with Gasteiger partial charge in [-0.15, -0.1) is 0 Å². The van der Waals surface area contributed by atoms with Crippen LogP contribution in [0.5, 0.6) is 11.5 Å². The number of aromatic nitrogens is 4. The third kappa shape index (κ3) is 2.66. The molecule has 20 heavy (non-hydrogen) atoms. The molecule has 0 radical (unpaired) electrons. The fourth-order valence-electron chi connectivity index (χ4n) is 2.02. The second kappa shape index (κ2) is 5.77. The highest BCUT2D eigenvalue weighted by atomic mass is 16.7. The van der Waals surface area contributed by atoms with Crippen LogP contribution in [0.15, 0.2) is 18.2 Å². The zero-order valence-electron chi connectivity index (χ0n) is 11.4. The molecule has 1 aromatic heterocycles. The van der Waals surface area contributed by atoms with Gasteiger partial charge in [-0.2, -0.15) is 0 Å². The van der Waals surface area contributed by atoms with Crippen molar-refractivity contribution in [2.45, 2.75) is 32.9 Å². The molecular formula is C13H17N5O2. The van der Waals surface area contributed by atoms with Gasteiger partial charge in [0, 0.05) is 13.1 Å². The first kappa shape index (κ1) is 12.7. The topological polar surface area (TPSA) is 74.1 Å². The minimum atomic E-state index is 0.293. The first-order chi connectivity index (χ1) is 9.86. The van der Waals surface area contributed by atoms with Gasteiger partial charge in [0.15, 0.2) is 11.5 Å². The van der Waals surface area contributed by atoms with Crippen molar-refractivity contribution >= 4 is 5.95 Å². The highest BCUT2D eigenvalue weighted by molar-refractivity contribution is 5.45. The van der Waals surface area contributed by atoms with Gasteiger partial charge in [-0.3, -0.25) is 0 Å². The predicted octanol–water partition coefficient (Wildman–Crippen LogP) is 1.81. The van der Waals surface area contributed by atoms with E-state index >= 15 is 0 Å². The van der Waals surface area contributed by atoms with Crippen LogP contribution < -0.4 is 14.8 Å². The molecule has 2 aromatic rings. The van der Waals surface area contributed by atoms with Gasteiger partial charge < -0.3 is 14.8 Å². The summed E-state index contributed by atoms with van der Waals surface area (Å²) in [5.41, 5.74) is 1.10. The van der Waals surface area contributed by atoms with Gasteiger partial charge in [-0.05, 0) is 34.5 Å². The third-order valence-corrected chi connectivity index (χ3v) is 3.14. The van der Waals surface area contributed by atoms with E-state index in [0.717, 1.165) is 36.4 Å². The highest BCUT2D eigenvalue weighted by Crippen LogP contribution is 2.32. The summed E-state index contributed by atoms with van der Waals surface area (Å²) in [5, 5.41) is 14.9. The number of hydrogen-bond acceptors (Lipinski definition) is 6. The fourth-order valence-corrected chi connectivity index (χ4v) is 2.02. The monoisotopic (exact) mass is 275 g/mol. The fraction of sp³-hybridized carbons (Fsp3) is 0.462. The summed E-state index contributed by atoms with van der Waals surface area (Å²) in [5.74, 6) is 2.27. The van der Waals surface area contributed by atoms with E-state index in [1.165, 1.54) is 0 Å². The zero-order chi connectivity index (χ0) is 13.8. The van der Waals surface area contributed by atoms with Crippen LogP contribution in [0, 0.1) is 0 Å². The molecule has 1 aromatic carbocycles. The van der Waals surface area contributed by atoms with Gasteiger partial charge in [0.2, 0.25) is 12.7 Å². The molecule has 0 saturated heterocycles. The normalized spacial score (nSPS) is 12.7. The van der Waals surface area contributed by atoms with Gasteiger partial charge >= 0.3 is 0 Å². The third-order valence-electron chi connectivity index (χ3n) is 3.14. The van der Waals surface area contributed by atoms with E-state index in [9.17, 15) is 0 Å². The van der Waals surface area contributed by atoms with Crippen LogP contribution in [0.2, 0.25) is 0 Å². The van der Waals surface area contributed by atoms with Gasteiger partial charge in [-0.25, -0.2) is 4.68 Å². The number of fused-ring (bicyclic) bond motifs is 1. The lowest BCUT2D eigenvalue weighted by atomic mass is 10.2. The maximum Gasteiger partial charge on any atom is 0.243 e. The summed E-state index contributed by atoms with van der Waals surface area (Å²) in [7, 11) is 0. The van der Waals surface area contributed by atoms with Crippen LogP contribution in [0.4, 0.5) is 5.95 Å². The van der Waals surface area contributed by atoms with Crippen LogP contribution in [0.3, 0.4) is 0 Å². The van der Waals surface area contributed by atoms with E-state index in [1.54, 1.807) is 4.68 Å². The molecule has 1 N–H and O–H groups in total. The van der Waals surface area contributed by atoms with E-state index in [2.05, 4.69) is 27.8 Å². The smallest absolute Gasteiger partial charge is 0.243 e. The molecule has 0 saturated carbocycles. The number of aryl methyl sites for hydroxylation is 1. The van der Waals surface area contributed by atoms with Crippen molar-refractivity contribution in [3.05, 3.63) is 23.8 Å². The van der Waals surface area contributed by atoms with E-state index in [-0.39, 0.29) is 0 Å². The molecule has 0 unspecified atom stereocenters. The Morgan fingerprint density at radius 1 is 1.30 bits per heavy atom. The summed E-state index contributed by atoms with van der Waals surface area (Å²) >= 11 is 0. The Balaban J connectivity index is 1.63. The summed E-state index contributed by atoms with van der Waals surface area (Å²) < 4.78 is 12.4. The van der Waals surface area contributed by atoms with Gasteiger partial charge in [-0.1, -0.05) is 24.5 Å². The lowest BCUT2D eigenvalue weighted by Crippen LogP contribution is -2.09. The largest absolute Gasteiger partial charge is 0.454 e. The number of ether oxygens (including phenoxy) is 2. The Labute approximate surface area is 116 Å². The first-order valence-electron chi connectivity index (χ1n) is 6.75. The number of hydrogen-bond donors (Lipinski definition) is 1. The van der Waals surface area contributed by atoms with Crippen molar-refractivity contribution < 1.29 is 9.47 Å². The van der Waals surface area contributed by atoms with E-state index in [4.69, 9.17) is 9.47 Å². The van der Waals surface area contributed by atoms with Crippen LogP contribution in [-0.2, 0) is 13.1 Å². The summed E-state index contributed by atoms with van der Waals surface area (Å²) in [6, 6.07) is 5.88. The molecule has 0 aliphatic carbocycles. The lowest BCUT2D eigenvalue weighted by Gasteiger charge is -2.07. The van der Waals surface area contributed by atoms with Gasteiger partial charge in [0.1, 0.15) is 0 Å². The van der Waals surface area contributed by atoms with Crippen LogP contribution in [0.25, 0.3) is 0 Å². The Morgan fingerprint density at radius 2 is 2.20 bits per heavy atom. The second-order valence-corrected chi connectivity index (χ2v) is 4.62. The zero-order valence-corrected chi connectivity index (χ0v) is 11.4. The molecule has 1 aliphatic heterocycles. The van der Waals surface area contributed by atoms with Crippen molar-refractivity contribution in [3.8, 4) is 11.5 Å². The molecule has 0 atom stereocenters. The van der Waals surface area contributed by atoms with E-state index in [1.807, 2.05) is 18.2 Å². The number of benzene rings is 1.